The van der Waals surface area contributed by atoms with E-state index in [4.69, 9.17) is 0 Å². The van der Waals surface area contributed by atoms with Gasteiger partial charge in [-0.05, 0) is 37.4 Å². The van der Waals surface area contributed by atoms with E-state index in [-0.39, 0.29) is 5.91 Å². The molecule has 0 N–H and O–H groups in total. The molecule has 0 bridgehead atoms. The molecule has 0 aliphatic carbocycles. The van der Waals surface area contributed by atoms with Crippen LogP contribution in [0.4, 0.5) is 5.13 Å². The van der Waals surface area contributed by atoms with E-state index in [9.17, 15) is 4.79 Å². The highest BCUT2D eigenvalue weighted by Crippen LogP contribution is 2.29. The van der Waals surface area contributed by atoms with Gasteiger partial charge in [-0.2, -0.15) is 0 Å². The minimum atomic E-state index is 0.0228. The fourth-order valence-electron chi connectivity index (χ4n) is 3.03. The molecule has 0 radical (unpaired) electrons. The monoisotopic (exact) mass is 329 g/mol. The van der Waals surface area contributed by atoms with Crippen LogP contribution in [-0.2, 0) is 11.3 Å². The van der Waals surface area contributed by atoms with Crippen molar-refractivity contribution in [2.75, 3.05) is 25.0 Å². The summed E-state index contributed by atoms with van der Waals surface area (Å²) in [7, 11) is 1.77. The molecule has 5 heteroatoms. The van der Waals surface area contributed by atoms with E-state index >= 15 is 0 Å². The van der Waals surface area contributed by atoms with Gasteiger partial charge in [-0.15, -0.1) is 11.3 Å². The molecule has 1 fully saturated rings. The van der Waals surface area contributed by atoms with Gasteiger partial charge in [-0.25, -0.2) is 4.98 Å². The van der Waals surface area contributed by atoms with Crippen LogP contribution >= 0.6 is 11.3 Å². The maximum atomic E-state index is 11.4. The molecule has 122 valence electrons. The third-order valence-corrected chi connectivity index (χ3v) is 5.60. The molecule has 0 saturated carbocycles. The molecular formula is C18H23N3OS. The third kappa shape index (κ3) is 3.98. The number of anilines is 1. The normalized spacial score (nSPS) is 16.4. The van der Waals surface area contributed by atoms with E-state index < -0.39 is 0 Å². The third-order valence-electron chi connectivity index (χ3n) is 4.54. The number of hydrogen-bond acceptors (Lipinski definition) is 4. The van der Waals surface area contributed by atoms with Crippen molar-refractivity contribution in [3.63, 3.8) is 0 Å². The Balaban J connectivity index is 1.54. The van der Waals surface area contributed by atoms with Crippen molar-refractivity contribution < 1.29 is 4.79 Å². The predicted molar refractivity (Wildman–Crippen MR) is 94.9 cm³/mol. The lowest BCUT2D eigenvalue weighted by molar-refractivity contribution is -0.116. The maximum absolute atomic E-state index is 11.4. The summed E-state index contributed by atoms with van der Waals surface area (Å²) in [6, 6.07) is 10.8. The molecule has 1 amide bonds. The van der Waals surface area contributed by atoms with Gasteiger partial charge in [0.15, 0.2) is 5.13 Å². The average Bonchev–Trinajstić information content (AvgIpc) is 3.04. The molecule has 0 unspecified atom stereocenters. The number of thiazole rings is 1. The minimum absolute atomic E-state index is 0.0228. The Labute approximate surface area is 141 Å². The van der Waals surface area contributed by atoms with Crippen LogP contribution in [0.3, 0.4) is 0 Å². The van der Waals surface area contributed by atoms with Gasteiger partial charge in [0.05, 0.1) is 0 Å². The number of likely N-dealkylation sites (tertiary alicyclic amines) is 1. The lowest BCUT2D eigenvalue weighted by Crippen LogP contribution is -2.32. The van der Waals surface area contributed by atoms with E-state index in [1.54, 1.807) is 30.2 Å². The van der Waals surface area contributed by atoms with Gasteiger partial charge < -0.3 is 0 Å². The van der Waals surface area contributed by atoms with Crippen LogP contribution in [-0.4, -0.2) is 35.9 Å². The predicted octanol–water partition coefficient (Wildman–Crippen LogP) is 3.51. The van der Waals surface area contributed by atoms with Gasteiger partial charge in [0.25, 0.3) is 0 Å². The molecular weight excluding hydrogens is 306 g/mol. The van der Waals surface area contributed by atoms with E-state index in [1.807, 2.05) is 6.20 Å². The largest absolute Gasteiger partial charge is 0.298 e. The number of nitrogens with zero attached hydrogens (tertiary/aromatic N) is 3. The van der Waals surface area contributed by atoms with E-state index in [1.165, 1.54) is 23.3 Å². The summed E-state index contributed by atoms with van der Waals surface area (Å²) in [5.74, 6) is 0.711. The van der Waals surface area contributed by atoms with Crippen molar-refractivity contribution >= 4 is 22.4 Å². The SMILES string of the molecule is CC(=O)N(C)c1ncc(CN2CCC(c3ccccc3)CC2)s1. The molecule has 1 aliphatic rings. The lowest BCUT2D eigenvalue weighted by atomic mass is 9.89. The van der Waals surface area contributed by atoms with E-state index in [0.29, 0.717) is 5.92 Å². The first-order valence-corrected chi connectivity index (χ1v) is 8.91. The summed E-state index contributed by atoms with van der Waals surface area (Å²) in [6.07, 6.45) is 4.33. The van der Waals surface area contributed by atoms with Crippen LogP contribution < -0.4 is 4.90 Å². The van der Waals surface area contributed by atoms with Crippen LogP contribution in [0.5, 0.6) is 0 Å². The smallest absolute Gasteiger partial charge is 0.225 e. The second-order valence-corrected chi connectivity index (χ2v) is 7.24. The molecule has 23 heavy (non-hydrogen) atoms. The summed E-state index contributed by atoms with van der Waals surface area (Å²) in [5.41, 5.74) is 1.47. The summed E-state index contributed by atoms with van der Waals surface area (Å²) in [5, 5.41) is 0.784. The van der Waals surface area contributed by atoms with Gasteiger partial charge in [0, 0.05) is 31.6 Å². The maximum Gasteiger partial charge on any atom is 0.225 e. The Hall–Kier alpha value is -1.72. The first-order valence-electron chi connectivity index (χ1n) is 8.10. The van der Waals surface area contributed by atoms with Crippen molar-refractivity contribution in [3.8, 4) is 0 Å². The van der Waals surface area contributed by atoms with Gasteiger partial charge in [0.2, 0.25) is 5.91 Å². The number of benzene rings is 1. The quantitative estimate of drug-likeness (QED) is 0.861. The number of rotatable bonds is 4. The standard InChI is InChI=1S/C18H23N3OS/c1-14(22)20(2)18-19-12-17(23-18)13-21-10-8-16(9-11-21)15-6-4-3-5-7-15/h3-7,12,16H,8-11,13H2,1-2H3. The van der Waals surface area contributed by atoms with E-state index in [0.717, 1.165) is 24.8 Å². The Morgan fingerprint density at radius 1 is 1.30 bits per heavy atom. The Bertz CT molecular complexity index is 647. The highest BCUT2D eigenvalue weighted by molar-refractivity contribution is 7.15. The molecule has 1 saturated heterocycles. The molecule has 0 spiro atoms. The van der Waals surface area contributed by atoms with Crippen molar-refractivity contribution in [1.29, 1.82) is 0 Å². The van der Waals surface area contributed by atoms with Gasteiger partial charge in [-0.1, -0.05) is 30.3 Å². The zero-order chi connectivity index (χ0) is 16.2. The van der Waals surface area contributed by atoms with Gasteiger partial charge in [-0.3, -0.25) is 14.6 Å². The molecule has 2 heterocycles. The van der Waals surface area contributed by atoms with Crippen LogP contribution in [0, 0.1) is 0 Å². The van der Waals surface area contributed by atoms with Crippen molar-refractivity contribution in [1.82, 2.24) is 9.88 Å². The number of amides is 1. The first kappa shape index (κ1) is 16.1. The lowest BCUT2D eigenvalue weighted by Gasteiger charge is -2.31. The highest BCUT2D eigenvalue weighted by atomic mass is 32.1. The zero-order valence-electron chi connectivity index (χ0n) is 13.7. The second kappa shape index (κ2) is 7.23. The number of carbonyl (C=O) groups is 1. The Kier molecular flexibility index (Phi) is 5.08. The van der Waals surface area contributed by atoms with Crippen LogP contribution in [0.15, 0.2) is 36.5 Å². The van der Waals surface area contributed by atoms with E-state index in [2.05, 4.69) is 40.2 Å². The molecule has 1 aromatic heterocycles. The highest BCUT2D eigenvalue weighted by Gasteiger charge is 2.21. The summed E-state index contributed by atoms with van der Waals surface area (Å²) in [4.78, 5) is 21.1. The fourth-order valence-corrected chi connectivity index (χ4v) is 3.99. The molecule has 1 aromatic carbocycles. The summed E-state index contributed by atoms with van der Waals surface area (Å²) < 4.78 is 0. The average molecular weight is 329 g/mol. The van der Waals surface area contributed by atoms with Crippen LogP contribution in [0.2, 0.25) is 0 Å². The second-order valence-electron chi connectivity index (χ2n) is 6.15. The Morgan fingerprint density at radius 2 is 2.00 bits per heavy atom. The fraction of sp³-hybridized carbons (Fsp3) is 0.444. The summed E-state index contributed by atoms with van der Waals surface area (Å²) >= 11 is 1.61. The van der Waals surface area contributed by atoms with Crippen molar-refractivity contribution in [2.45, 2.75) is 32.2 Å². The molecule has 1 aliphatic heterocycles. The number of hydrogen-bond donors (Lipinski definition) is 0. The van der Waals surface area contributed by atoms with Gasteiger partial charge >= 0.3 is 0 Å². The van der Waals surface area contributed by atoms with Crippen molar-refractivity contribution in [3.05, 3.63) is 47.0 Å². The van der Waals surface area contributed by atoms with Crippen LogP contribution in [0.1, 0.15) is 36.1 Å². The molecule has 2 aromatic rings. The summed E-state index contributed by atoms with van der Waals surface area (Å²) in [6.45, 7) is 4.74. The first-order chi connectivity index (χ1) is 11.1. The molecule has 0 atom stereocenters. The number of carbonyl (C=O) groups excluding carboxylic acids is 1. The zero-order valence-corrected chi connectivity index (χ0v) is 14.6. The van der Waals surface area contributed by atoms with Crippen molar-refractivity contribution in [2.24, 2.45) is 0 Å². The number of aromatic nitrogens is 1. The van der Waals surface area contributed by atoms with Crippen LogP contribution in [0.25, 0.3) is 0 Å². The Morgan fingerprint density at radius 3 is 2.65 bits per heavy atom. The van der Waals surface area contributed by atoms with Gasteiger partial charge in [0.1, 0.15) is 0 Å². The topological polar surface area (TPSA) is 36.4 Å². The molecule has 3 rings (SSSR count). The molecule has 4 nitrogen and oxygen atoms in total. The minimum Gasteiger partial charge on any atom is -0.298 e. The number of piperidine rings is 1.